The molecule has 0 bridgehead atoms. The molecule has 0 spiro atoms. The Labute approximate surface area is 290 Å². The minimum atomic E-state index is 0.542. The second kappa shape index (κ2) is 10.7. The Hall–Kier alpha value is -7.05. The van der Waals surface area contributed by atoms with E-state index in [9.17, 15) is 0 Å². The highest BCUT2D eigenvalue weighted by Gasteiger charge is 2.22. The van der Waals surface area contributed by atoms with Gasteiger partial charge in [0, 0.05) is 49.1 Å². The minimum absolute atomic E-state index is 0.542. The van der Waals surface area contributed by atoms with Gasteiger partial charge in [0.25, 0.3) is 0 Å². The van der Waals surface area contributed by atoms with Gasteiger partial charge in [0.05, 0.1) is 16.6 Å². The Morgan fingerprint density at radius 1 is 0.392 bits per heavy atom. The topological polar surface area (TPSA) is 69.9 Å². The predicted molar refractivity (Wildman–Crippen MR) is 205 cm³/mol. The highest BCUT2D eigenvalue weighted by molar-refractivity contribution is 6.15. The Morgan fingerprint density at radius 3 is 1.82 bits per heavy atom. The van der Waals surface area contributed by atoms with E-state index in [1.54, 1.807) is 0 Å². The molecule has 238 valence electrons. The molecule has 4 aromatic heterocycles. The van der Waals surface area contributed by atoms with E-state index < -0.39 is 0 Å². The molecule has 0 aliphatic heterocycles. The van der Waals surface area contributed by atoms with Gasteiger partial charge in [0.2, 0.25) is 0 Å². The molecule has 6 nitrogen and oxygen atoms in total. The molecular weight excluding hydrogens is 629 g/mol. The number of fused-ring (bicyclic) bond motifs is 9. The molecule has 51 heavy (non-hydrogen) atoms. The van der Waals surface area contributed by atoms with Crippen LogP contribution in [0.4, 0.5) is 0 Å². The van der Waals surface area contributed by atoms with Crippen LogP contribution in [-0.4, -0.2) is 19.5 Å². The van der Waals surface area contributed by atoms with Crippen LogP contribution in [0.2, 0.25) is 0 Å². The van der Waals surface area contributed by atoms with Gasteiger partial charge in [-0.2, -0.15) is 0 Å². The molecule has 0 aliphatic rings. The largest absolute Gasteiger partial charge is 0.456 e. The van der Waals surface area contributed by atoms with Crippen LogP contribution >= 0.6 is 0 Å². The third-order valence-electron chi connectivity index (χ3n) is 9.87. The number of hydrogen-bond donors (Lipinski definition) is 0. The van der Waals surface area contributed by atoms with Gasteiger partial charge >= 0.3 is 0 Å². The van der Waals surface area contributed by atoms with Gasteiger partial charge in [-0.05, 0) is 60.7 Å². The molecule has 0 fully saturated rings. The summed E-state index contributed by atoms with van der Waals surface area (Å²) in [7, 11) is 0. The van der Waals surface area contributed by atoms with Crippen molar-refractivity contribution in [3.63, 3.8) is 0 Å². The molecular formula is C45H26N4O2. The molecule has 11 rings (SSSR count). The number of para-hydroxylation sites is 5. The Morgan fingerprint density at radius 2 is 0.980 bits per heavy atom. The maximum atomic E-state index is 6.49. The lowest BCUT2D eigenvalue weighted by Crippen LogP contribution is -2.01. The highest BCUT2D eigenvalue weighted by Crippen LogP contribution is 2.40. The third kappa shape index (κ3) is 4.20. The van der Waals surface area contributed by atoms with E-state index in [1.165, 1.54) is 0 Å². The number of furan rings is 2. The summed E-state index contributed by atoms with van der Waals surface area (Å²) in [4.78, 5) is 15.7. The third-order valence-corrected chi connectivity index (χ3v) is 9.87. The summed E-state index contributed by atoms with van der Waals surface area (Å²) < 4.78 is 15.0. The van der Waals surface area contributed by atoms with Gasteiger partial charge in [-0.3, -0.25) is 0 Å². The zero-order chi connectivity index (χ0) is 33.5. The van der Waals surface area contributed by atoms with Gasteiger partial charge in [0.15, 0.2) is 17.5 Å². The zero-order valence-electron chi connectivity index (χ0n) is 27.1. The van der Waals surface area contributed by atoms with E-state index in [4.69, 9.17) is 23.8 Å². The standard InChI is InChI=1S/C45H26N4O2/c1-2-12-28(13-3-1)49-36-20-7-4-16-32(36)41-33(18-11-21-37(41)49)44-46-43(27-24-25-40-35(26-27)30-15-6-8-22-38(30)50-40)47-45(48-44)34-19-10-17-31-29-14-5-9-23-39(29)51-42(31)34/h1-26H. The summed E-state index contributed by atoms with van der Waals surface area (Å²) >= 11 is 0. The SMILES string of the molecule is c1ccc(-n2c3ccccc3c3c(-c4nc(-c5ccc6oc7ccccc7c6c5)nc(-c5cccc6c5oc5ccccc56)n4)cccc32)cc1. The number of aromatic nitrogens is 4. The highest BCUT2D eigenvalue weighted by atomic mass is 16.3. The fraction of sp³-hybridized carbons (Fsp3) is 0. The van der Waals surface area contributed by atoms with Gasteiger partial charge < -0.3 is 13.4 Å². The van der Waals surface area contributed by atoms with Crippen molar-refractivity contribution in [2.75, 3.05) is 0 Å². The van der Waals surface area contributed by atoms with Crippen LogP contribution in [-0.2, 0) is 0 Å². The van der Waals surface area contributed by atoms with E-state index in [0.29, 0.717) is 17.5 Å². The fourth-order valence-corrected chi connectivity index (χ4v) is 7.60. The number of benzene rings is 7. The summed E-state index contributed by atoms with van der Waals surface area (Å²) in [5, 5.41) is 6.35. The van der Waals surface area contributed by atoms with Gasteiger partial charge in [-0.15, -0.1) is 0 Å². The molecule has 0 unspecified atom stereocenters. The summed E-state index contributed by atoms with van der Waals surface area (Å²) in [6.45, 7) is 0. The van der Waals surface area contributed by atoms with Crippen LogP contribution in [0.1, 0.15) is 0 Å². The van der Waals surface area contributed by atoms with Crippen molar-refractivity contribution in [1.29, 1.82) is 0 Å². The predicted octanol–water partition coefficient (Wildman–Crippen LogP) is 11.8. The molecule has 0 aliphatic carbocycles. The van der Waals surface area contributed by atoms with Gasteiger partial charge in [-0.25, -0.2) is 15.0 Å². The Bertz CT molecular complexity index is 3150. The van der Waals surface area contributed by atoms with Crippen molar-refractivity contribution in [3.8, 4) is 39.9 Å². The van der Waals surface area contributed by atoms with Crippen LogP contribution in [0.3, 0.4) is 0 Å². The monoisotopic (exact) mass is 654 g/mol. The van der Waals surface area contributed by atoms with E-state index in [1.807, 2.05) is 66.7 Å². The van der Waals surface area contributed by atoms with E-state index in [0.717, 1.165) is 88.1 Å². The molecule has 0 amide bonds. The normalized spacial score (nSPS) is 11.9. The van der Waals surface area contributed by atoms with Crippen LogP contribution < -0.4 is 0 Å². The zero-order valence-corrected chi connectivity index (χ0v) is 27.1. The van der Waals surface area contributed by atoms with E-state index >= 15 is 0 Å². The first-order valence-corrected chi connectivity index (χ1v) is 16.9. The average molecular weight is 655 g/mol. The Balaban J connectivity index is 1.21. The molecule has 0 saturated heterocycles. The van der Waals surface area contributed by atoms with Crippen molar-refractivity contribution in [2.45, 2.75) is 0 Å². The van der Waals surface area contributed by atoms with Crippen LogP contribution in [0.15, 0.2) is 167 Å². The molecule has 7 aromatic carbocycles. The lowest BCUT2D eigenvalue weighted by molar-refractivity contribution is 0.669. The second-order valence-corrected chi connectivity index (χ2v) is 12.8. The summed E-state index contributed by atoms with van der Waals surface area (Å²) in [6.07, 6.45) is 0. The molecule has 11 aromatic rings. The van der Waals surface area contributed by atoms with Crippen molar-refractivity contribution in [3.05, 3.63) is 158 Å². The maximum Gasteiger partial charge on any atom is 0.167 e. The lowest BCUT2D eigenvalue weighted by atomic mass is 10.0. The van der Waals surface area contributed by atoms with Crippen LogP contribution in [0.25, 0.3) is 106 Å². The molecule has 6 heteroatoms. The number of rotatable bonds is 4. The maximum absolute atomic E-state index is 6.49. The first-order valence-electron chi connectivity index (χ1n) is 16.9. The Kier molecular flexibility index (Phi) is 5.86. The quantitative estimate of drug-likeness (QED) is 0.189. The number of hydrogen-bond acceptors (Lipinski definition) is 5. The first-order chi connectivity index (χ1) is 25.3. The lowest BCUT2D eigenvalue weighted by Gasteiger charge is -2.11. The molecule has 0 atom stereocenters. The van der Waals surface area contributed by atoms with Crippen molar-refractivity contribution in [2.24, 2.45) is 0 Å². The van der Waals surface area contributed by atoms with Crippen molar-refractivity contribution >= 4 is 65.7 Å². The molecule has 0 N–H and O–H groups in total. The van der Waals surface area contributed by atoms with Crippen LogP contribution in [0.5, 0.6) is 0 Å². The first kappa shape index (κ1) is 27.9. The summed E-state index contributed by atoms with van der Waals surface area (Å²) in [6, 6.07) is 53.9. The van der Waals surface area contributed by atoms with E-state index in [2.05, 4.69) is 95.6 Å². The van der Waals surface area contributed by atoms with Crippen LogP contribution in [0, 0.1) is 0 Å². The fourth-order valence-electron chi connectivity index (χ4n) is 7.60. The van der Waals surface area contributed by atoms with E-state index in [-0.39, 0.29) is 0 Å². The number of nitrogens with zero attached hydrogens (tertiary/aromatic N) is 4. The molecule has 4 heterocycles. The second-order valence-electron chi connectivity index (χ2n) is 12.8. The minimum Gasteiger partial charge on any atom is -0.456 e. The van der Waals surface area contributed by atoms with Gasteiger partial charge in [-0.1, -0.05) is 97.1 Å². The molecule has 0 saturated carbocycles. The van der Waals surface area contributed by atoms with Crippen molar-refractivity contribution < 1.29 is 8.83 Å². The van der Waals surface area contributed by atoms with Gasteiger partial charge in [0.1, 0.15) is 22.3 Å². The smallest absolute Gasteiger partial charge is 0.167 e. The summed E-state index contributed by atoms with van der Waals surface area (Å²) in [5.41, 5.74) is 9.13. The van der Waals surface area contributed by atoms with Crippen molar-refractivity contribution in [1.82, 2.24) is 19.5 Å². The molecule has 0 radical (unpaired) electrons. The summed E-state index contributed by atoms with van der Waals surface area (Å²) in [5.74, 6) is 1.70. The average Bonchev–Trinajstić information content (AvgIpc) is 3.87.